The zero-order chi connectivity index (χ0) is 15.6. The number of aromatic nitrogens is 1. The van der Waals surface area contributed by atoms with Crippen LogP contribution in [0.2, 0.25) is 0 Å². The monoisotopic (exact) mass is 302 g/mol. The Hall–Kier alpha value is -2.02. The van der Waals surface area contributed by atoms with Gasteiger partial charge in [0.15, 0.2) is 0 Å². The number of nitrogens with one attached hydrogen (secondary N) is 1. The third-order valence-electron chi connectivity index (χ3n) is 2.92. The van der Waals surface area contributed by atoms with Crippen LogP contribution in [-0.4, -0.2) is 12.0 Å². The standard InChI is InChI=1S/C14H11F5N2/c1-20-13(8-4-10(15)6-11(16)5-8)12-3-2-9(7-21-12)14(17,18)19/h2-7,13,20H,1H3. The highest BCUT2D eigenvalue weighted by molar-refractivity contribution is 5.30. The predicted octanol–water partition coefficient (Wildman–Crippen LogP) is 3.69. The molecule has 0 saturated carbocycles. The van der Waals surface area contributed by atoms with E-state index in [4.69, 9.17) is 0 Å². The van der Waals surface area contributed by atoms with Gasteiger partial charge >= 0.3 is 6.18 Å². The number of hydrogen-bond acceptors (Lipinski definition) is 2. The van der Waals surface area contributed by atoms with Gasteiger partial charge in [-0.15, -0.1) is 0 Å². The fourth-order valence-electron chi connectivity index (χ4n) is 1.97. The van der Waals surface area contributed by atoms with Crippen LogP contribution in [0.15, 0.2) is 36.5 Å². The van der Waals surface area contributed by atoms with Crippen LogP contribution in [0.1, 0.15) is 22.9 Å². The van der Waals surface area contributed by atoms with E-state index in [1.807, 2.05) is 0 Å². The summed E-state index contributed by atoms with van der Waals surface area (Å²) in [5, 5.41) is 2.77. The largest absolute Gasteiger partial charge is 0.417 e. The van der Waals surface area contributed by atoms with Gasteiger partial charge in [-0.25, -0.2) is 8.78 Å². The number of nitrogens with zero attached hydrogens (tertiary/aromatic N) is 1. The van der Waals surface area contributed by atoms with Crippen molar-refractivity contribution < 1.29 is 22.0 Å². The van der Waals surface area contributed by atoms with Crippen molar-refractivity contribution in [3.05, 3.63) is 65.0 Å². The first-order valence-corrected chi connectivity index (χ1v) is 5.97. The summed E-state index contributed by atoms with van der Waals surface area (Å²) in [7, 11) is 1.52. The van der Waals surface area contributed by atoms with Gasteiger partial charge in [0.1, 0.15) is 11.6 Å². The summed E-state index contributed by atoms with van der Waals surface area (Å²) in [6.45, 7) is 0. The van der Waals surface area contributed by atoms with Crippen LogP contribution < -0.4 is 5.32 Å². The average Bonchev–Trinajstić information content (AvgIpc) is 2.38. The molecule has 1 aromatic heterocycles. The summed E-state index contributed by atoms with van der Waals surface area (Å²) in [5.74, 6) is -1.53. The predicted molar refractivity (Wildman–Crippen MR) is 66.5 cm³/mol. The van der Waals surface area contributed by atoms with E-state index >= 15 is 0 Å². The van der Waals surface area contributed by atoms with Gasteiger partial charge in [-0.2, -0.15) is 13.2 Å². The second-order valence-corrected chi connectivity index (χ2v) is 4.39. The molecule has 2 aromatic rings. The Morgan fingerprint density at radius 2 is 1.67 bits per heavy atom. The van der Waals surface area contributed by atoms with E-state index in [2.05, 4.69) is 10.3 Å². The molecule has 1 aromatic carbocycles. The summed E-state index contributed by atoms with van der Waals surface area (Å²) >= 11 is 0. The number of benzene rings is 1. The lowest BCUT2D eigenvalue weighted by atomic mass is 10.0. The second-order valence-electron chi connectivity index (χ2n) is 4.39. The number of alkyl halides is 3. The van der Waals surface area contributed by atoms with Crippen molar-refractivity contribution in [2.45, 2.75) is 12.2 Å². The molecule has 21 heavy (non-hydrogen) atoms. The Labute approximate surface area is 117 Å². The lowest BCUT2D eigenvalue weighted by Gasteiger charge is -2.17. The molecular formula is C14H11F5N2. The molecule has 1 N–H and O–H groups in total. The first-order chi connectivity index (χ1) is 9.81. The maximum atomic E-state index is 13.2. The quantitative estimate of drug-likeness (QED) is 0.875. The summed E-state index contributed by atoms with van der Waals surface area (Å²) < 4.78 is 63.9. The lowest BCUT2D eigenvalue weighted by Crippen LogP contribution is -2.19. The van der Waals surface area contributed by atoms with Crippen molar-refractivity contribution in [2.75, 3.05) is 7.05 Å². The fraction of sp³-hybridized carbons (Fsp3) is 0.214. The molecule has 0 amide bonds. The maximum absolute atomic E-state index is 13.2. The van der Waals surface area contributed by atoms with Crippen molar-refractivity contribution in [1.29, 1.82) is 0 Å². The van der Waals surface area contributed by atoms with E-state index in [9.17, 15) is 22.0 Å². The Morgan fingerprint density at radius 1 is 1.05 bits per heavy atom. The van der Waals surface area contributed by atoms with E-state index in [0.717, 1.165) is 24.3 Å². The fourth-order valence-corrected chi connectivity index (χ4v) is 1.97. The van der Waals surface area contributed by atoms with Crippen LogP contribution in [0.5, 0.6) is 0 Å². The topological polar surface area (TPSA) is 24.9 Å². The molecule has 1 heterocycles. The van der Waals surface area contributed by atoms with Crippen molar-refractivity contribution >= 4 is 0 Å². The SMILES string of the molecule is CNC(c1cc(F)cc(F)c1)c1ccc(C(F)(F)F)cn1. The summed E-state index contributed by atoms with van der Waals surface area (Å²) in [6.07, 6.45) is -3.79. The molecule has 0 spiro atoms. The zero-order valence-corrected chi connectivity index (χ0v) is 10.9. The van der Waals surface area contributed by atoms with Crippen LogP contribution in [0.3, 0.4) is 0 Å². The Morgan fingerprint density at radius 3 is 2.10 bits per heavy atom. The minimum Gasteiger partial charge on any atom is -0.308 e. The summed E-state index contributed by atoms with van der Waals surface area (Å²) in [4.78, 5) is 3.72. The van der Waals surface area contributed by atoms with Crippen molar-refractivity contribution in [1.82, 2.24) is 10.3 Å². The number of pyridine rings is 1. The van der Waals surface area contributed by atoms with Crippen molar-refractivity contribution in [3.8, 4) is 0 Å². The lowest BCUT2D eigenvalue weighted by molar-refractivity contribution is -0.137. The molecule has 0 bridgehead atoms. The molecule has 0 saturated heterocycles. The highest BCUT2D eigenvalue weighted by Crippen LogP contribution is 2.30. The van der Waals surface area contributed by atoms with Crippen LogP contribution >= 0.6 is 0 Å². The minimum atomic E-state index is -4.48. The number of rotatable bonds is 3. The second kappa shape index (κ2) is 5.77. The molecule has 0 fully saturated rings. The molecule has 7 heteroatoms. The van der Waals surface area contributed by atoms with Gasteiger partial charge in [-0.1, -0.05) is 0 Å². The first-order valence-electron chi connectivity index (χ1n) is 5.97. The van der Waals surface area contributed by atoms with E-state index in [0.29, 0.717) is 6.20 Å². The normalized spacial score (nSPS) is 13.2. The van der Waals surface area contributed by atoms with Crippen LogP contribution in [0.25, 0.3) is 0 Å². The molecule has 2 nitrogen and oxygen atoms in total. The molecule has 0 radical (unpaired) electrons. The van der Waals surface area contributed by atoms with E-state index in [1.165, 1.54) is 13.1 Å². The van der Waals surface area contributed by atoms with E-state index in [1.54, 1.807) is 0 Å². The van der Waals surface area contributed by atoms with Gasteiger partial charge in [-0.05, 0) is 36.9 Å². The van der Waals surface area contributed by atoms with Crippen molar-refractivity contribution in [2.24, 2.45) is 0 Å². The molecular weight excluding hydrogens is 291 g/mol. The highest BCUT2D eigenvalue weighted by atomic mass is 19.4. The Bertz CT molecular complexity index is 602. The third-order valence-corrected chi connectivity index (χ3v) is 2.92. The van der Waals surface area contributed by atoms with Gasteiger partial charge < -0.3 is 5.32 Å². The Kier molecular flexibility index (Phi) is 4.22. The van der Waals surface area contributed by atoms with Crippen LogP contribution in [-0.2, 0) is 6.18 Å². The van der Waals surface area contributed by atoms with E-state index < -0.39 is 29.4 Å². The summed E-state index contributed by atoms with van der Waals surface area (Å²) in [5.41, 5.74) is -0.413. The smallest absolute Gasteiger partial charge is 0.308 e. The number of hydrogen-bond donors (Lipinski definition) is 1. The van der Waals surface area contributed by atoms with Crippen molar-refractivity contribution in [3.63, 3.8) is 0 Å². The number of halogens is 5. The van der Waals surface area contributed by atoms with Gasteiger partial charge in [0.05, 0.1) is 17.3 Å². The van der Waals surface area contributed by atoms with Gasteiger partial charge in [0, 0.05) is 12.3 Å². The Balaban J connectivity index is 2.37. The zero-order valence-electron chi connectivity index (χ0n) is 10.9. The molecule has 1 unspecified atom stereocenters. The highest BCUT2D eigenvalue weighted by Gasteiger charge is 2.31. The third kappa shape index (κ3) is 3.55. The van der Waals surface area contributed by atoms with Crippen LogP contribution in [0, 0.1) is 11.6 Å². The molecule has 112 valence electrons. The van der Waals surface area contributed by atoms with Crippen LogP contribution in [0.4, 0.5) is 22.0 Å². The van der Waals surface area contributed by atoms with Gasteiger partial charge in [0.25, 0.3) is 0 Å². The minimum absolute atomic E-state index is 0.232. The first kappa shape index (κ1) is 15.4. The molecule has 0 aliphatic rings. The maximum Gasteiger partial charge on any atom is 0.417 e. The van der Waals surface area contributed by atoms with Gasteiger partial charge in [-0.3, -0.25) is 4.98 Å². The van der Waals surface area contributed by atoms with E-state index in [-0.39, 0.29) is 11.3 Å². The molecule has 1 atom stereocenters. The molecule has 0 aliphatic heterocycles. The summed E-state index contributed by atoms with van der Waals surface area (Å²) in [6, 6.07) is 4.26. The molecule has 2 rings (SSSR count). The molecule has 0 aliphatic carbocycles. The average molecular weight is 302 g/mol. The van der Waals surface area contributed by atoms with Gasteiger partial charge in [0.2, 0.25) is 0 Å².